The van der Waals surface area contributed by atoms with Gasteiger partial charge >= 0.3 is 0 Å². The second-order valence-corrected chi connectivity index (χ2v) is 10.0. The summed E-state index contributed by atoms with van der Waals surface area (Å²) in [7, 11) is 0.0518. The Bertz CT molecular complexity index is 729. The summed E-state index contributed by atoms with van der Waals surface area (Å²) >= 11 is 0. The molecule has 1 aliphatic heterocycles. The minimum absolute atomic E-state index is 0.0318. The molecule has 0 radical (unpaired) electrons. The molecule has 2 aliphatic rings. The largest absolute Gasteiger partial charge is 0.372 e. The van der Waals surface area contributed by atoms with Gasteiger partial charge in [0.2, 0.25) is 11.0 Å². The van der Waals surface area contributed by atoms with Crippen molar-refractivity contribution in [1.29, 1.82) is 0 Å². The lowest BCUT2D eigenvalue weighted by atomic mass is 9.84. The van der Waals surface area contributed by atoms with Gasteiger partial charge < -0.3 is 4.74 Å². The first-order valence-corrected chi connectivity index (χ1v) is 11.9. The first kappa shape index (κ1) is 18.8. The van der Waals surface area contributed by atoms with E-state index in [1.54, 1.807) is 0 Å². The molecule has 0 aromatic heterocycles. The van der Waals surface area contributed by atoms with Gasteiger partial charge in [0.15, 0.2) is 0 Å². The SMILES string of the molecule is O=C(c1ccc(C2CCCCC2)cc1)C(c1ccccc1)[S+]1CCOCC1. The summed E-state index contributed by atoms with van der Waals surface area (Å²) in [4.78, 5) is 13.5. The Hall–Kier alpha value is -1.58. The highest BCUT2D eigenvalue weighted by atomic mass is 32.2. The van der Waals surface area contributed by atoms with Crippen molar-refractivity contribution in [2.24, 2.45) is 0 Å². The van der Waals surface area contributed by atoms with Gasteiger partial charge in [-0.25, -0.2) is 0 Å². The summed E-state index contributed by atoms with van der Waals surface area (Å²) in [5.74, 6) is 2.95. The van der Waals surface area contributed by atoms with Crippen molar-refractivity contribution < 1.29 is 9.53 Å². The fraction of sp³-hybridized carbons (Fsp3) is 0.458. The standard InChI is InChI=1S/C24H29O2S/c25-23(21-13-11-20(12-14-21)19-7-3-1-4-8-19)24(22-9-5-2-6-10-22)27-17-15-26-16-18-27/h2,5-6,9-14,19,24H,1,3-4,7-8,15-18H2/q+1. The summed E-state index contributed by atoms with van der Waals surface area (Å²) in [5.41, 5.74) is 3.43. The first-order valence-electron chi connectivity index (χ1n) is 10.3. The lowest BCUT2D eigenvalue weighted by Gasteiger charge is -2.23. The molecule has 1 atom stereocenters. The molecule has 1 saturated heterocycles. The number of ether oxygens (including phenoxy) is 1. The summed E-state index contributed by atoms with van der Waals surface area (Å²) in [5, 5.41) is -0.0318. The van der Waals surface area contributed by atoms with Gasteiger partial charge in [-0.15, -0.1) is 0 Å². The zero-order chi connectivity index (χ0) is 18.5. The number of hydrogen-bond donors (Lipinski definition) is 0. The van der Waals surface area contributed by atoms with Gasteiger partial charge in [-0.05, 0) is 24.3 Å². The van der Waals surface area contributed by atoms with Gasteiger partial charge in [-0.1, -0.05) is 73.9 Å². The van der Waals surface area contributed by atoms with E-state index in [0.29, 0.717) is 5.92 Å². The summed E-state index contributed by atoms with van der Waals surface area (Å²) in [6, 6.07) is 18.9. The number of rotatable bonds is 5. The minimum Gasteiger partial charge on any atom is -0.372 e. The molecule has 0 spiro atoms. The van der Waals surface area contributed by atoms with Crippen molar-refractivity contribution in [1.82, 2.24) is 0 Å². The number of carbonyl (C=O) groups is 1. The van der Waals surface area contributed by atoms with Crippen molar-refractivity contribution in [3.63, 3.8) is 0 Å². The Labute approximate surface area is 165 Å². The van der Waals surface area contributed by atoms with Gasteiger partial charge in [0.05, 0.1) is 13.2 Å². The van der Waals surface area contributed by atoms with Gasteiger partial charge in [-0.3, -0.25) is 4.79 Å². The van der Waals surface area contributed by atoms with Crippen LogP contribution in [0, 0.1) is 0 Å². The van der Waals surface area contributed by atoms with E-state index in [9.17, 15) is 4.79 Å². The molecule has 2 fully saturated rings. The van der Waals surface area contributed by atoms with E-state index < -0.39 is 0 Å². The average Bonchev–Trinajstić information content (AvgIpc) is 2.76. The van der Waals surface area contributed by atoms with E-state index in [4.69, 9.17) is 4.74 Å². The zero-order valence-corrected chi connectivity index (χ0v) is 16.8. The van der Waals surface area contributed by atoms with Crippen LogP contribution < -0.4 is 0 Å². The molecule has 0 bridgehead atoms. The molecule has 1 aliphatic carbocycles. The summed E-state index contributed by atoms with van der Waals surface area (Å²) in [6.07, 6.45) is 6.64. The fourth-order valence-corrected chi connectivity index (χ4v) is 6.72. The van der Waals surface area contributed by atoms with Gasteiger partial charge in [0.25, 0.3) is 0 Å². The molecule has 4 rings (SSSR count). The first-order chi connectivity index (χ1) is 13.3. The molecule has 1 heterocycles. The van der Waals surface area contributed by atoms with Crippen LogP contribution in [0.1, 0.15) is 64.8 Å². The van der Waals surface area contributed by atoms with Crippen LogP contribution >= 0.6 is 0 Å². The third-order valence-electron chi connectivity index (χ3n) is 5.93. The zero-order valence-electron chi connectivity index (χ0n) is 15.9. The van der Waals surface area contributed by atoms with Crippen LogP contribution in [0.2, 0.25) is 0 Å². The quantitative estimate of drug-likeness (QED) is 0.518. The molecule has 0 N–H and O–H groups in total. The summed E-state index contributed by atoms with van der Waals surface area (Å²) in [6.45, 7) is 1.56. The number of benzene rings is 2. The Morgan fingerprint density at radius 2 is 1.56 bits per heavy atom. The average molecular weight is 382 g/mol. The van der Waals surface area contributed by atoms with Crippen LogP contribution in [0.4, 0.5) is 0 Å². The lowest BCUT2D eigenvalue weighted by molar-refractivity contribution is 0.0986. The highest BCUT2D eigenvalue weighted by Crippen LogP contribution is 2.34. The molecule has 2 nitrogen and oxygen atoms in total. The third-order valence-corrected chi connectivity index (χ3v) is 8.46. The normalized spacial score (nSPS) is 20.3. The van der Waals surface area contributed by atoms with Gasteiger partial charge in [-0.2, -0.15) is 0 Å². The third kappa shape index (κ3) is 4.47. The van der Waals surface area contributed by atoms with Crippen LogP contribution in [0.25, 0.3) is 0 Å². The molecule has 2 aromatic carbocycles. The Balaban J connectivity index is 1.57. The van der Waals surface area contributed by atoms with E-state index in [1.807, 2.05) is 18.2 Å². The number of carbonyl (C=O) groups excluding carboxylic acids is 1. The van der Waals surface area contributed by atoms with Gasteiger partial charge in [0, 0.05) is 22.0 Å². The number of ketones is 1. The second-order valence-electron chi connectivity index (χ2n) is 7.67. The maximum atomic E-state index is 13.5. The van der Waals surface area contributed by atoms with Crippen molar-refractivity contribution in [2.45, 2.75) is 43.3 Å². The van der Waals surface area contributed by atoms with E-state index >= 15 is 0 Å². The van der Waals surface area contributed by atoms with E-state index in [-0.39, 0.29) is 21.9 Å². The van der Waals surface area contributed by atoms with Crippen LogP contribution in [-0.4, -0.2) is 30.5 Å². The second kappa shape index (κ2) is 9.07. The molecule has 0 amide bonds. The van der Waals surface area contributed by atoms with Gasteiger partial charge in [0.1, 0.15) is 11.5 Å². The van der Waals surface area contributed by atoms with Crippen LogP contribution in [0.15, 0.2) is 54.6 Å². The van der Waals surface area contributed by atoms with Crippen molar-refractivity contribution in [2.75, 3.05) is 24.7 Å². The van der Waals surface area contributed by atoms with E-state index in [0.717, 1.165) is 35.8 Å². The Morgan fingerprint density at radius 1 is 0.889 bits per heavy atom. The number of Topliss-reactive ketones (excluding diaryl/α,β-unsaturated/α-hetero) is 1. The monoisotopic (exact) mass is 381 g/mol. The molecule has 1 saturated carbocycles. The molecular weight excluding hydrogens is 352 g/mol. The topological polar surface area (TPSA) is 26.3 Å². The highest BCUT2D eigenvalue weighted by Gasteiger charge is 2.39. The Morgan fingerprint density at radius 3 is 2.22 bits per heavy atom. The van der Waals surface area contributed by atoms with Crippen LogP contribution in [0.3, 0.4) is 0 Å². The highest BCUT2D eigenvalue weighted by molar-refractivity contribution is 7.97. The summed E-state index contributed by atoms with van der Waals surface area (Å²) < 4.78 is 5.55. The molecular formula is C24H29O2S+. The minimum atomic E-state index is -0.0318. The predicted molar refractivity (Wildman–Crippen MR) is 114 cm³/mol. The molecule has 3 heteroatoms. The fourth-order valence-electron chi connectivity index (χ4n) is 4.40. The molecule has 142 valence electrons. The van der Waals surface area contributed by atoms with Crippen molar-refractivity contribution in [3.8, 4) is 0 Å². The molecule has 27 heavy (non-hydrogen) atoms. The maximum Gasteiger partial charge on any atom is 0.219 e. The maximum absolute atomic E-state index is 13.5. The molecule has 2 aromatic rings. The smallest absolute Gasteiger partial charge is 0.219 e. The lowest BCUT2D eigenvalue weighted by Crippen LogP contribution is -2.34. The van der Waals surface area contributed by atoms with Crippen LogP contribution in [0.5, 0.6) is 0 Å². The van der Waals surface area contributed by atoms with E-state index in [1.165, 1.54) is 37.7 Å². The Kier molecular flexibility index (Phi) is 6.31. The number of hydrogen-bond acceptors (Lipinski definition) is 2. The van der Waals surface area contributed by atoms with Crippen molar-refractivity contribution >= 4 is 16.7 Å². The van der Waals surface area contributed by atoms with Crippen molar-refractivity contribution in [3.05, 3.63) is 71.3 Å². The van der Waals surface area contributed by atoms with Crippen LogP contribution in [-0.2, 0) is 15.6 Å². The van der Waals surface area contributed by atoms with E-state index in [2.05, 4.69) is 36.4 Å². The predicted octanol–water partition coefficient (Wildman–Crippen LogP) is 5.31. The molecule has 1 unspecified atom stereocenters.